The van der Waals surface area contributed by atoms with E-state index < -0.39 is 0 Å². The van der Waals surface area contributed by atoms with Crippen LogP contribution in [0.25, 0.3) is 6.08 Å². The normalized spacial score (nSPS) is 13.9. The zero-order valence-corrected chi connectivity index (χ0v) is 19.9. The average molecular weight is 479 g/mol. The number of carbonyl (C=O) groups excluding carboxylic acids is 2. The van der Waals surface area contributed by atoms with Crippen LogP contribution in [-0.4, -0.2) is 18.4 Å². The van der Waals surface area contributed by atoms with Gasteiger partial charge in [0.15, 0.2) is 5.78 Å². The minimum absolute atomic E-state index is 0.0600. The van der Waals surface area contributed by atoms with E-state index in [1.807, 2.05) is 37.3 Å². The Balaban J connectivity index is 1.41. The van der Waals surface area contributed by atoms with Crippen molar-refractivity contribution in [2.45, 2.75) is 32.6 Å². The van der Waals surface area contributed by atoms with Crippen LogP contribution in [0.1, 0.15) is 45.1 Å². The fourth-order valence-corrected chi connectivity index (χ4v) is 4.64. The zero-order chi connectivity index (χ0) is 23.4. The smallest absolute Gasteiger partial charge is 0.310 e. The maximum absolute atomic E-state index is 12.8. The number of ketones is 1. The van der Waals surface area contributed by atoms with Crippen LogP contribution in [0.3, 0.4) is 0 Å². The number of hydrogen-bond acceptors (Lipinski definition) is 3. The van der Waals surface area contributed by atoms with Crippen LogP contribution in [0.5, 0.6) is 0 Å². The van der Waals surface area contributed by atoms with Gasteiger partial charge in [0.05, 0.1) is 13.0 Å². The number of esters is 1. The number of allylic oxidation sites excluding steroid dienone is 1. The molecule has 0 fully saturated rings. The first kappa shape index (κ1) is 23.3. The summed E-state index contributed by atoms with van der Waals surface area (Å²) in [6.07, 6.45) is 4.54. The largest absolute Gasteiger partial charge is 0.466 e. The molecular formula is C28H24Cl2O3. The van der Waals surface area contributed by atoms with Gasteiger partial charge in [0.1, 0.15) is 0 Å². The molecule has 33 heavy (non-hydrogen) atoms. The minimum Gasteiger partial charge on any atom is -0.466 e. The third-order valence-corrected chi connectivity index (χ3v) is 6.13. The van der Waals surface area contributed by atoms with Crippen LogP contribution in [0.2, 0.25) is 10.0 Å². The molecule has 0 amide bonds. The minimum atomic E-state index is -0.204. The molecule has 0 bridgehead atoms. The van der Waals surface area contributed by atoms with Crippen LogP contribution < -0.4 is 0 Å². The van der Waals surface area contributed by atoms with Gasteiger partial charge < -0.3 is 4.74 Å². The van der Waals surface area contributed by atoms with Gasteiger partial charge in [0.2, 0.25) is 0 Å². The molecule has 0 spiro atoms. The molecule has 0 radical (unpaired) electrons. The van der Waals surface area contributed by atoms with E-state index in [1.54, 1.807) is 18.2 Å². The molecule has 0 aliphatic heterocycles. The van der Waals surface area contributed by atoms with Crippen molar-refractivity contribution in [3.05, 3.63) is 110 Å². The fraction of sp³-hybridized carbons (Fsp3) is 0.214. The first-order valence-electron chi connectivity index (χ1n) is 11.0. The molecule has 3 nitrogen and oxygen atoms in total. The van der Waals surface area contributed by atoms with Crippen molar-refractivity contribution in [2.24, 2.45) is 0 Å². The first-order valence-corrected chi connectivity index (χ1v) is 11.7. The summed E-state index contributed by atoms with van der Waals surface area (Å²) in [6, 6.07) is 19.5. The number of benzene rings is 3. The number of carbonyl (C=O) groups is 2. The molecule has 1 aliphatic rings. The summed E-state index contributed by atoms with van der Waals surface area (Å²) in [7, 11) is 0. The molecular weight excluding hydrogens is 455 g/mol. The third kappa shape index (κ3) is 5.93. The number of halogens is 2. The second-order valence-corrected chi connectivity index (χ2v) is 9.04. The Morgan fingerprint density at radius 2 is 1.55 bits per heavy atom. The Kier molecular flexibility index (Phi) is 7.32. The highest BCUT2D eigenvalue weighted by Crippen LogP contribution is 2.30. The SMILES string of the molecule is CCOC(=O)Cc1ccc(CCc2ccc3c(c2)C/C(=C\c2cc(Cl)cc(Cl)c2)C3=O)cc1. The van der Waals surface area contributed by atoms with E-state index in [2.05, 4.69) is 18.2 Å². The summed E-state index contributed by atoms with van der Waals surface area (Å²) in [5.74, 6) is -0.144. The predicted octanol–water partition coefficient (Wildman–Crippen LogP) is 6.71. The van der Waals surface area contributed by atoms with E-state index in [4.69, 9.17) is 27.9 Å². The topological polar surface area (TPSA) is 43.4 Å². The third-order valence-electron chi connectivity index (χ3n) is 5.69. The number of Topliss-reactive ketones (excluding diaryl/α,β-unsaturated/α-hetero) is 1. The standard InChI is InChI=1S/C28H24Cl2O3/c1-2-33-27(31)15-20-7-4-18(5-8-20)3-6-19-9-10-26-22(11-19)16-23(28(26)32)12-21-13-24(29)17-25(30)14-21/h4-5,7-14,17H,2-3,6,15-16H2,1H3/b23-12+. The van der Waals surface area contributed by atoms with Crippen molar-refractivity contribution >= 4 is 41.0 Å². The number of fused-ring (bicyclic) bond motifs is 1. The number of rotatable bonds is 7. The van der Waals surface area contributed by atoms with Crippen LogP contribution >= 0.6 is 23.2 Å². The molecule has 0 saturated heterocycles. The maximum Gasteiger partial charge on any atom is 0.310 e. The van der Waals surface area contributed by atoms with Gasteiger partial charge in [-0.1, -0.05) is 65.7 Å². The molecule has 0 atom stereocenters. The molecule has 4 rings (SSSR count). The highest BCUT2D eigenvalue weighted by atomic mass is 35.5. The summed E-state index contributed by atoms with van der Waals surface area (Å²) >= 11 is 12.2. The second kappa shape index (κ2) is 10.4. The van der Waals surface area contributed by atoms with E-state index in [0.717, 1.165) is 40.7 Å². The molecule has 1 aliphatic carbocycles. The Hall–Kier alpha value is -2.88. The summed E-state index contributed by atoms with van der Waals surface area (Å²) < 4.78 is 5.00. The van der Waals surface area contributed by atoms with Crippen molar-refractivity contribution in [1.29, 1.82) is 0 Å². The van der Waals surface area contributed by atoms with Gasteiger partial charge in [-0.2, -0.15) is 0 Å². The predicted molar refractivity (Wildman–Crippen MR) is 133 cm³/mol. The average Bonchev–Trinajstić information content (AvgIpc) is 3.07. The lowest BCUT2D eigenvalue weighted by molar-refractivity contribution is -0.142. The molecule has 5 heteroatoms. The highest BCUT2D eigenvalue weighted by molar-refractivity contribution is 6.34. The van der Waals surface area contributed by atoms with E-state index in [1.165, 1.54) is 11.1 Å². The van der Waals surface area contributed by atoms with Crippen molar-refractivity contribution in [3.63, 3.8) is 0 Å². The Bertz CT molecular complexity index is 1210. The van der Waals surface area contributed by atoms with Gasteiger partial charge in [0, 0.05) is 27.6 Å². The van der Waals surface area contributed by atoms with Crippen molar-refractivity contribution in [3.8, 4) is 0 Å². The quantitative estimate of drug-likeness (QED) is 0.280. The van der Waals surface area contributed by atoms with Crippen LogP contribution in [0.4, 0.5) is 0 Å². The van der Waals surface area contributed by atoms with Gasteiger partial charge >= 0.3 is 5.97 Å². The number of hydrogen-bond donors (Lipinski definition) is 0. The van der Waals surface area contributed by atoms with E-state index >= 15 is 0 Å². The van der Waals surface area contributed by atoms with Gasteiger partial charge in [0.25, 0.3) is 0 Å². The lowest BCUT2D eigenvalue weighted by Gasteiger charge is -2.06. The van der Waals surface area contributed by atoms with Crippen LogP contribution in [0.15, 0.2) is 66.2 Å². The van der Waals surface area contributed by atoms with Crippen LogP contribution in [-0.2, 0) is 35.2 Å². The molecule has 0 N–H and O–H groups in total. The Morgan fingerprint density at radius 3 is 2.24 bits per heavy atom. The molecule has 0 aromatic heterocycles. The monoisotopic (exact) mass is 478 g/mol. The van der Waals surface area contributed by atoms with Gasteiger partial charge in [-0.05, 0) is 71.9 Å². The molecule has 3 aromatic rings. The Morgan fingerprint density at radius 1 is 0.909 bits per heavy atom. The first-order chi connectivity index (χ1) is 15.9. The number of aryl methyl sites for hydroxylation is 2. The summed E-state index contributed by atoms with van der Waals surface area (Å²) in [5.41, 5.74) is 6.76. The van der Waals surface area contributed by atoms with Gasteiger partial charge in [-0.3, -0.25) is 9.59 Å². The van der Waals surface area contributed by atoms with E-state index in [-0.39, 0.29) is 11.8 Å². The van der Waals surface area contributed by atoms with E-state index in [9.17, 15) is 9.59 Å². The van der Waals surface area contributed by atoms with Crippen molar-refractivity contribution < 1.29 is 14.3 Å². The lowest BCUT2D eigenvalue weighted by atomic mass is 9.99. The Labute approximate surface area is 204 Å². The molecule has 0 saturated carbocycles. The fourth-order valence-electron chi connectivity index (χ4n) is 4.10. The summed E-state index contributed by atoms with van der Waals surface area (Å²) in [6.45, 7) is 2.21. The summed E-state index contributed by atoms with van der Waals surface area (Å²) in [4.78, 5) is 24.5. The molecule has 0 unspecified atom stereocenters. The number of ether oxygens (including phenoxy) is 1. The maximum atomic E-state index is 12.8. The molecule has 0 heterocycles. The lowest BCUT2D eigenvalue weighted by Crippen LogP contribution is -2.07. The second-order valence-electron chi connectivity index (χ2n) is 8.17. The highest BCUT2D eigenvalue weighted by Gasteiger charge is 2.24. The van der Waals surface area contributed by atoms with Crippen LogP contribution in [0, 0.1) is 0 Å². The van der Waals surface area contributed by atoms with Crippen molar-refractivity contribution in [2.75, 3.05) is 6.61 Å². The molecule has 168 valence electrons. The van der Waals surface area contributed by atoms with E-state index in [0.29, 0.717) is 29.5 Å². The van der Waals surface area contributed by atoms with Gasteiger partial charge in [-0.15, -0.1) is 0 Å². The van der Waals surface area contributed by atoms with Gasteiger partial charge in [-0.25, -0.2) is 0 Å². The summed E-state index contributed by atoms with van der Waals surface area (Å²) in [5, 5.41) is 1.10. The molecule has 3 aromatic carbocycles. The zero-order valence-electron chi connectivity index (χ0n) is 18.4. The van der Waals surface area contributed by atoms with Crippen molar-refractivity contribution in [1.82, 2.24) is 0 Å².